The molecule has 27 heavy (non-hydrogen) atoms. The summed E-state index contributed by atoms with van der Waals surface area (Å²) >= 11 is 0. The highest BCUT2D eigenvalue weighted by Gasteiger charge is 2.15. The number of carbonyl (C=O) groups is 2. The zero-order valence-corrected chi connectivity index (χ0v) is 16.2. The largest absolute Gasteiger partial charge is 0.492 e. The molecule has 2 heterocycles. The van der Waals surface area contributed by atoms with Crippen LogP contribution in [-0.2, 0) is 20.7 Å². The quantitative estimate of drug-likeness (QED) is 0.455. The van der Waals surface area contributed by atoms with E-state index in [-0.39, 0.29) is 17.9 Å². The molecular weight excluding hydrogens is 342 g/mol. The van der Waals surface area contributed by atoms with Crippen LogP contribution < -0.4 is 5.32 Å². The topological polar surface area (TPSA) is 71.5 Å². The lowest BCUT2D eigenvalue weighted by Gasteiger charge is -2.23. The Bertz CT molecular complexity index is 768. The number of carbonyl (C=O) groups excluding carboxylic acids is 2. The molecule has 0 bridgehead atoms. The van der Waals surface area contributed by atoms with E-state index in [1.165, 1.54) is 6.08 Å². The minimum Gasteiger partial charge on any atom is -0.492 e. The number of ether oxygens (including phenoxy) is 1. The Morgan fingerprint density at radius 2 is 2.22 bits per heavy atom. The van der Waals surface area contributed by atoms with E-state index >= 15 is 0 Å². The Morgan fingerprint density at radius 3 is 2.96 bits per heavy atom. The van der Waals surface area contributed by atoms with Crippen molar-refractivity contribution in [2.45, 2.75) is 39.2 Å². The molecule has 2 amide bonds. The van der Waals surface area contributed by atoms with Gasteiger partial charge in [0.05, 0.1) is 6.04 Å². The van der Waals surface area contributed by atoms with Crippen molar-refractivity contribution >= 4 is 23.7 Å². The minimum atomic E-state index is -0.119. The van der Waals surface area contributed by atoms with E-state index in [0.29, 0.717) is 24.6 Å². The van der Waals surface area contributed by atoms with Gasteiger partial charge in [-0.1, -0.05) is 12.7 Å². The number of amides is 2. The molecule has 1 unspecified atom stereocenters. The molecule has 0 aromatic carbocycles. The van der Waals surface area contributed by atoms with Crippen LogP contribution in [0.5, 0.6) is 0 Å². The summed E-state index contributed by atoms with van der Waals surface area (Å²) in [5.74, 6) is 1.06. The number of likely N-dealkylation sites (N-methyl/N-ethyl adjacent to an activating group) is 1. The Balaban J connectivity index is 1.96. The van der Waals surface area contributed by atoms with Crippen LogP contribution in [0.25, 0.3) is 6.08 Å². The molecule has 1 aromatic rings. The van der Waals surface area contributed by atoms with Crippen molar-refractivity contribution in [2.24, 2.45) is 0 Å². The van der Waals surface area contributed by atoms with E-state index in [2.05, 4.69) is 16.9 Å². The number of hydrogen-bond donors (Lipinski definition) is 1. The number of nitrogens with zero attached hydrogens (tertiary/aromatic N) is 2. The molecule has 0 aliphatic carbocycles. The first-order valence-corrected chi connectivity index (χ1v) is 9.08. The molecular formula is C21H27N3O3. The van der Waals surface area contributed by atoms with Crippen LogP contribution in [-0.4, -0.2) is 41.4 Å². The average Bonchev–Trinajstić information content (AvgIpc) is 2.83. The number of pyridine rings is 1. The SMILES string of the molecule is C=C(/C=C\C)OCC(C)N(C)C(=O)/C=C/c1cnc2c(c1)CCCC(=O)N2. The molecule has 1 aliphatic heterocycles. The van der Waals surface area contributed by atoms with Crippen molar-refractivity contribution in [1.82, 2.24) is 9.88 Å². The number of hydrogen-bond acceptors (Lipinski definition) is 4. The van der Waals surface area contributed by atoms with Gasteiger partial charge in [-0.3, -0.25) is 9.59 Å². The maximum atomic E-state index is 12.4. The molecule has 0 fully saturated rings. The van der Waals surface area contributed by atoms with Crippen molar-refractivity contribution < 1.29 is 14.3 Å². The molecule has 1 atom stereocenters. The van der Waals surface area contributed by atoms with Gasteiger partial charge in [0, 0.05) is 25.7 Å². The van der Waals surface area contributed by atoms with E-state index in [4.69, 9.17) is 4.74 Å². The van der Waals surface area contributed by atoms with Gasteiger partial charge in [0.15, 0.2) is 0 Å². The third-order valence-electron chi connectivity index (χ3n) is 4.39. The minimum absolute atomic E-state index is 0.00494. The van der Waals surface area contributed by atoms with E-state index in [9.17, 15) is 9.59 Å². The summed E-state index contributed by atoms with van der Waals surface area (Å²) in [7, 11) is 1.74. The van der Waals surface area contributed by atoms with Gasteiger partial charge in [-0.15, -0.1) is 0 Å². The molecule has 6 heteroatoms. The molecule has 0 saturated heterocycles. The average molecular weight is 369 g/mol. The van der Waals surface area contributed by atoms with Gasteiger partial charge in [-0.05, 0) is 56.0 Å². The lowest BCUT2D eigenvalue weighted by Crippen LogP contribution is -2.36. The van der Waals surface area contributed by atoms with E-state index in [1.807, 2.05) is 26.0 Å². The summed E-state index contributed by atoms with van der Waals surface area (Å²) in [5, 5.41) is 2.80. The van der Waals surface area contributed by atoms with Crippen LogP contribution in [0.4, 0.5) is 5.82 Å². The first-order valence-electron chi connectivity index (χ1n) is 9.08. The van der Waals surface area contributed by atoms with Gasteiger partial charge in [0.2, 0.25) is 11.8 Å². The normalized spacial score (nSPS) is 15.1. The number of anilines is 1. The fourth-order valence-electron chi connectivity index (χ4n) is 2.63. The number of allylic oxidation sites excluding steroid dienone is 2. The molecule has 0 saturated carbocycles. The van der Waals surface area contributed by atoms with Crippen molar-refractivity contribution in [2.75, 3.05) is 19.0 Å². The molecule has 1 aromatic heterocycles. The van der Waals surface area contributed by atoms with Crippen LogP contribution in [0.1, 0.15) is 37.8 Å². The van der Waals surface area contributed by atoms with Gasteiger partial charge < -0.3 is 15.0 Å². The highest BCUT2D eigenvalue weighted by atomic mass is 16.5. The third kappa shape index (κ3) is 6.09. The number of nitrogens with one attached hydrogen (secondary N) is 1. The van der Waals surface area contributed by atoms with Gasteiger partial charge in [-0.25, -0.2) is 4.98 Å². The van der Waals surface area contributed by atoms with E-state index < -0.39 is 0 Å². The standard InChI is InChI=1S/C21H27N3O3/c1-5-7-16(3)27-14-15(2)24(4)20(26)11-10-17-12-18-8-6-9-19(25)23-21(18)22-13-17/h5,7,10-13,15H,3,6,8-9,14H2,1-2,4H3,(H,22,23,25)/b7-5-,11-10+. The van der Waals surface area contributed by atoms with Crippen molar-refractivity contribution in [1.29, 1.82) is 0 Å². The van der Waals surface area contributed by atoms with Crippen molar-refractivity contribution in [3.63, 3.8) is 0 Å². The fourth-order valence-corrected chi connectivity index (χ4v) is 2.63. The predicted octanol–water partition coefficient (Wildman–Crippen LogP) is 3.32. The van der Waals surface area contributed by atoms with Crippen LogP contribution in [0, 0.1) is 0 Å². The Kier molecular flexibility index (Phi) is 7.34. The smallest absolute Gasteiger partial charge is 0.246 e. The molecule has 1 aliphatic rings. The van der Waals surface area contributed by atoms with Crippen molar-refractivity contribution in [3.05, 3.63) is 54.0 Å². The zero-order chi connectivity index (χ0) is 19.8. The Labute approximate surface area is 160 Å². The van der Waals surface area contributed by atoms with Crippen LogP contribution in [0.3, 0.4) is 0 Å². The first kappa shape index (κ1) is 20.4. The summed E-state index contributed by atoms with van der Waals surface area (Å²) in [4.78, 5) is 29.9. The summed E-state index contributed by atoms with van der Waals surface area (Å²) in [6.45, 7) is 7.97. The zero-order valence-electron chi connectivity index (χ0n) is 16.2. The van der Waals surface area contributed by atoms with E-state index in [1.54, 1.807) is 30.3 Å². The van der Waals surface area contributed by atoms with Crippen LogP contribution >= 0.6 is 0 Å². The maximum Gasteiger partial charge on any atom is 0.246 e. The Morgan fingerprint density at radius 1 is 1.44 bits per heavy atom. The van der Waals surface area contributed by atoms with Crippen molar-refractivity contribution in [3.8, 4) is 0 Å². The highest BCUT2D eigenvalue weighted by molar-refractivity contribution is 5.92. The summed E-state index contributed by atoms with van der Waals surface area (Å²) in [6, 6.07) is 1.87. The van der Waals surface area contributed by atoms with E-state index in [0.717, 1.165) is 24.0 Å². The molecule has 144 valence electrons. The number of aryl methyl sites for hydroxylation is 1. The summed E-state index contributed by atoms with van der Waals surface area (Å²) in [6.07, 6.45) is 10.6. The molecule has 0 radical (unpaired) electrons. The second-order valence-corrected chi connectivity index (χ2v) is 6.59. The second kappa shape index (κ2) is 9.71. The fraction of sp³-hybridized carbons (Fsp3) is 0.381. The molecule has 2 rings (SSSR count). The molecule has 0 spiro atoms. The van der Waals surface area contributed by atoms with Crippen LogP contribution in [0.2, 0.25) is 0 Å². The monoisotopic (exact) mass is 369 g/mol. The molecule has 1 N–H and O–H groups in total. The van der Waals surface area contributed by atoms with Gasteiger partial charge in [0.1, 0.15) is 18.2 Å². The van der Waals surface area contributed by atoms with Gasteiger partial charge >= 0.3 is 0 Å². The third-order valence-corrected chi connectivity index (χ3v) is 4.39. The van der Waals surface area contributed by atoms with Gasteiger partial charge in [-0.2, -0.15) is 0 Å². The van der Waals surface area contributed by atoms with Gasteiger partial charge in [0.25, 0.3) is 0 Å². The number of rotatable bonds is 7. The second-order valence-electron chi connectivity index (χ2n) is 6.59. The summed E-state index contributed by atoms with van der Waals surface area (Å²) < 4.78 is 5.52. The summed E-state index contributed by atoms with van der Waals surface area (Å²) in [5.41, 5.74) is 1.82. The number of aromatic nitrogens is 1. The van der Waals surface area contributed by atoms with Crippen LogP contribution in [0.15, 0.2) is 42.8 Å². The molecule has 6 nitrogen and oxygen atoms in total. The number of fused-ring (bicyclic) bond motifs is 1. The highest BCUT2D eigenvalue weighted by Crippen LogP contribution is 2.21. The Hall–Kier alpha value is -2.89. The first-order chi connectivity index (χ1) is 12.9. The lowest BCUT2D eigenvalue weighted by atomic mass is 10.1. The maximum absolute atomic E-state index is 12.4. The lowest BCUT2D eigenvalue weighted by molar-refractivity contribution is -0.127. The predicted molar refractivity (Wildman–Crippen MR) is 107 cm³/mol.